The molecule has 0 aliphatic carbocycles. The smallest absolute Gasteiger partial charge is 0.346 e. The van der Waals surface area contributed by atoms with Crippen LogP contribution in [0.3, 0.4) is 0 Å². The molecule has 0 aromatic heterocycles. The molecule has 1 aromatic rings. The summed E-state index contributed by atoms with van der Waals surface area (Å²) in [6.45, 7) is 1.74. The van der Waals surface area contributed by atoms with E-state index in [0.717, 1.165) is 13.1 Å². The van der Waals surface area contributed by atoms with Crippen molar-refractivity contribution in [1.29, 1.82) is 0 Å². The van der Waals surface area contributed by atoms with Gasteiger partial charge in [0.15, 0.2) is 0 Å². The van der Waals surface area contributed by atoms with Crippen molar-refractivity contribution in [2.75, 3.05) is 27.2 Å². The van der Waals surface area contributed by atoms with Gasteiger partial charge in [-0.15, -0.1) is 0 Å². The molecule has 5 nitrogen and oxygen atoms in total. The van der Waals surface area contributed by atoms with E-state index in [1.165, 1.54) is 0 Å². The number of ether oxygens (including phenoxy) is 1. The second kappa shape index (κ2) is 6.12. The highest BCUT2D eigenvalue weighted by Crippen LogP contribution is 2.18. The van der Waals surface area contributed by atoms with Crippen LogP contribution >= 0.6 is 0 Å². The first-order valence-corrected chi connectivity index (χ1v) is 5.26. The maximum Gasteiger partial charge on any atom is 0.346 e. The van der Waals surface area contributed by atoms with Crippen molar-refractivity contribution in [2.24, 2.45) is 5.73 Å². The van der Waals surface area contributed by atoms with Gasteiger partial charge < -0.3 is 15.4 Å². The van der Waals surface area contributed by atoms with Crippen LogP contribution in [0.5, 0.6) is 0 Å². The zero-order valence-corrected chi connectivity index (χ0v) is 9.97. The highest BCUT2D eigenvalue weighted by molar-refractivity contribution is 6.14. The maximum absolute atomic E-state index is 10.8. The number of cyclic esters (lactones) is 2. The second-order valence-corrected chi connectivity index (χ2v) is 3.81. The van der Waals surface area contributed by atoms with Crippen LogP contribution in [0.25, 0.3) is 0 Å². The lowest BCUT2D eigenvalue weighted by atomic mass is 10.1. The van der Waals surface area contributed by atoms with Gasteiger partial charge in [0.1, 0.15) is 0 Å². The molecule has 1 aliphatic heterocycles. The van der Waals surface area contributed by atoms with Gasteiger partial charge in [-0.05, 0) is 26.2 Å². The Bertz CT molecular complexity index is 383. The normalized spacial score (nSPS) is 12.9. The Hall–Kier alpha value is -1.72. The molecule has 1 heterocycles. The lowest BCUT2D eigenvalue weighted by Crippen LogP contribution is -2.20. The van der Waals surface area contributed by atoms with E-state index in [9.17, 15) is 9.59 Å². The molecule has 0 amide bonds. The van der Waals surface area contributed by atoms with Crippen molar-refractivity contribution in [3.63, 3.8) is 0 Å². The number of hydrogen-bond donors (Lipinski definition) is 1. The van der Waals surface area contributed by atoms with E-state index in [4.69, 9.17) is 5.73 Å². The second-order valence-electron chi connectivity index (χ2n) is 3.81. The molecule has 92 valence electrons. The van der Waals surface area contributed by atoms with Crippen molar-refractivity contribution < 1.29 is 14.3 Å². The van der Waals surface area contributed by atoms with Crippen LogP contribution in [-0.2, 0) is 4.74 Å². The fourth-order valence-electron chi connectivity index (χ4n) is 1.29. The molecule has 0 saturated heterocycles. The van der Waals surface area contributed by atoms with Crippen LogP contribution in [0, 0.1) is 0 Å². The lowest BCUT2D eigenvalue weighted by molar-refractivity contribution is 0.0444. The Balaban J connectivity index is 0.000000209. The molecule has 0 unspecified atom stereocenters. The van der Waals surface area contributed by atoms with Crippen LogP contribution in [0.4, 0.5) is 0 Å². The molecule has 0 fully saturated rings. The first-order chi connectivity index (χ1) is 8.06. The standard InChI is InChI=1S/C8H4O3.C4H12N2/c9-7-5-3-1-2-4-6(5)8(10)11-7;1-6(2)4-3-5/h1-4H;3-5H2,1-2H3. The van der Waals surface area contributed by atoms with E-state index in [-0.39, 0.29) is 0 Å². The molecular weight excluding hydrogens is 220 g/mol. The number of nitrogens with two attached hydrogens (primary N) is 1. The van der Waals surface area contributed by atoms with Gasteiger partial charge in [-0.1, -0.05) is 12.1 Å². The Labute approximate surface area is 100 Å². The number of esters is 2. The topological polar surface area (TPSA) is 72.6 Å². The van der Waals surface area contributed by atoms with Gasteiger partial charge in [0.25, 0.3) is 0 Å². The van der Waals surface area contributed by atoms with Crippen LogP contribution in [0.1, 0.15) is 20.7 Å². The van der Waals surface area contributed by atoms with Crippen molar-refractivity contribution in [1.82, 2.24) is 4.90 Å². The summed E-state index contributed by atoms with van der Waals surface area (Å²) >= 11 is 0. The molecule has 17 heavy (non-hydrogen) atoms. The first-order valence-electron chi connectivity index (χ1n) is 5.26. The number of rotatable bonds is 2. The lowest BCUT2D eigenvalue weighted by Gasteiger charge is -2.03. The first kappa shape index (κ1) is 13.3. The molecular formula is C12H16N2O3. The number of benzene rings is 1. The number of likely N-dealkylation sites (N-methyl/N-ethyl adjacent to an activating group) is 1. The van der Waals surface area contributed by atoms with E-state index in [1.54, 1.807) is 24.3 Å². The Kier molecular flexibility index (Phi) is 4.81. The third-order valence-electron chi connectivity index (χ3n) is 2.13. The monoisotopic (exact) mass is 236 g/mol. The van der Waals surface area contributed by atoms with Crippen molar-refractivity contribution in [3.05, 3.63) is 35.4 Å². The molecule has 0 radical (unpaired) electrons. The summed E-state index contributed by atoms with van der Waals surface area (Å²) in [5.41, 5.74) is 5.91. The zero-order chi connectivity index (χ0) is 12.8. The zero-order valence-electron chi connectivity index (χ0n) is 9.97. The summed E-state index contributed by atoms with van der Waals surface area (Å²) in [6, 6.07) is 6.53. The fourth-order valence-corrected chi connectivity index (χ4v) is 1.29. The van der Waals surface area contributed by atoms with Crippen LogP contribution < -0.4 is 5.73 Å². The molecule has 0 atom stereocenters. The van der Waals surface area contributed by atoms with Gasteiger partial charge in [-0.2, -0.15) is 0 Å². The SMILES string of the molecule is CN(C)CCN.O=C1OC(=O)c2ccccc21. The fraction of sp³-hybridized carbons (Fsp3) is 0.333. The molecule has 0 spiro atoms. The summed E-state index contributed by atoms with van der Waals surface area (Å²) in [7, 11) is 4.01. The molecule has 5 heteroatoms. The third-order valence-corrected chi connectivity index (χ3v) is 2.13. The van der Waals surface area contributed by atoms with Gasteiger partial charge in [0, 0.05) is 13.1 Å². The predicted octanol–water partition coefficient (Wildman–Crippen LogP) is 0.504. The molecule has 1 aromatic carbocycles. The van der Waals surface area contributed by atoms with Crippen molar-refractivity contribution >= 4 is 11.9 Å². The van der Waals surface area contributed by atoms with E-state index >= 15 is 0 Å². The Morgan fingerprint density at radius 2 is 1.59 bits per heavy atom. The third kappa shape index (κ3) is 3.65. The quantitative estimate of drug-likeness (QED) is 0.598. The van der Waals surface area contributed by atoms with Crippen LogP contribution in [0.2, 0.25) is 0 Å². The number of fused-ring (bicyclic) bond motifs is 1. The number of hydrogen-bond acceptors (Lipinski definition) is 5. The van der Waals surface area contributed by atoms with Gasteiger partial charge in [0.2, 0.25) is 0 Å². The summed E-state index contributed by atoms with van der Waals surface area (Å²) in [4.78, 5) is 23.7. The van der Waals surface area contributed by atoms with Gasteiger partial charge >= 0.3 is 11.9 Å². The minimum atomic E-state index is -0.550. The average molecular weight is 236 g/mol. The van der Waals surface area contributed by atoms with E-state index in [2.05, 4.69) is 9.64 Å². The van der Waals surface area contributed by atoms with E-state index in [0.29, 0.717) is 11.1 Å². The molecule has 2 rings (SSSR count). The average Bonchev–Trinajstić information content (AvgIpc) is 2.56. The minimum absolute atomic E-state index is 0.359. The summed E-state index contributed by atoms with van der Waals surface area (Å²) in [5.74, 6) is -1.10. The predicted molar refractivity (Wildman–Crippen MR) is 63.8 cm³/mol. The Morgan fingerprint density at radius 1 is 1.12 bits per heavy atom. The number of carbonyl (C=O) groups excluding carboxylic acids is 2. The van der Waals surface area contributed by atoms with Gasteiger partial charge in [0.05, 0.1) is 11.1 Å². The van der Waals surface area contributed by atoms with E-state index in [1.807, 2.05) is 14.1 Å². The van der Waals surface area contributed by atoms with Crippen LogP contribution in [-0.4, -0.2) is 44.0 Å². The summed E-state index contributed by atoms with van der Waals surface area (Å²) in [5, 5.41) is 0. The maximum atomic E-state index is 10.8. The van der Waals surface area contributed by atoms with Crippen molar-refractivity contribution in [3.8, 4) is 0 Å². The molecule has 0 bridgehead atoms. The highest BCUT2D eigenvalue weighted by Gasteiger charge is 2.28. The number of carbonyl (C=O) groups is 2. The minimum Gasteiger partial charge on any atom is -0.386 e. The van der Waals surface area contributed by atoms with Crippen LogP contribution in [0.15, 0.2) is 24.3 Å². The molecule has 1 aliphatic rings. The summed E-state index contributed by atoms with van der Waals surface area (Å²) in [6.07, 6.45) is 0. The number of nitrogens with zero attached hydrogens (tertiary/aromatic N) is 1. The Morgan fingerprint density at radius 3 is 1.88 bits per heavy atom. The van der Waals surface area contributed by atoms with Gasteiger partial charge in [-0.25, -0.2) is 9.59 Å². The van der Waals surface area contributed by atoms with Gasteiger partial charge in [-0.3, -0.25) is 0 Å². The van der Waals surface area contributed by atoms with E-state index < -0.39 is 11.9 Å². The summed E-state index contributed by atoms with van der Waals surface area (Å²) < 4.78 is 4.35. The highest BCUT2D eigenvalue weighted by atomic mass is 16.6. The van der Waals surface area contributed by atoms with Crippen molar-refractivity contribution in [2.45, 2.75) is 0 Å². The molecule has 2 N–H and O–H groups in total. The largest absolute Gasteiger partial charge is 0.386 e. The molecule has 0 saturated carbocycles.